The third-order valence-electron chi connectivity index (χ3n) is 4.77. The Morgan fingerprint density at radius 2 is 1.93 bits per heavy atom. The number of aliphatic imine (C=N–C) groups is 1. The number of halogens is 3. The molecule has 0 saturated heterocycles. The minimum atomic E-state index is -0.267. The van der Waals surface area contributed by atoms with E-state index in [9.17, 15) is 9.18 Å². The van der Waals surface area contributed by atoms with Gasteiger partial charge < -0.3 is 15.5 Å². The Bertz CT molecular complexity index is 868. The first-order chi connectivity index (χ1) is 13.4. The Morgan fingerprint density at radius 3 is 2.52 bits per heavy atom. The molecular weight excluding hydrogens is 506 g/mol. The van der Waals surface area contributed by atoms with Crippen LogP contribution in [0.1, 0.15) is 33.8 Å². The van der Waals surface area contributed by atoms with Crippen LogP contribution in [0.25, 0.3) is 0 Å². The maximum atomic E-state index is 14.1. The highest BCUT2D eigenvalue weighted by Crippen LogP contribution is 2.44. The smallest absolute Gasteiger partial charge is 0.253 e. The van der Waals surface area contributed by atoms with E-state index in [-0.39, 0.29) is 47.7 Å². The molecule has 1 aliphatic carbocycles. The molecule has 5 nitrogen and oxygen atoms in total. The summed E-state index contributed by atoms with van der Waals surface area (Å²) in [5, 5.41) is 7.02. The van der Waals surface area contributed by atoms with Crippen molar-refractivity contribution in [1.82, 2.24) is 15.5 Å². The average molecular weight is 531 g/mol. The molecule has 1 aliphatic rings. The minimum absolute atomic E-state index is 0. The number of nitrogens with one attached hydrogen (secondary N) is 2. The number of amides is 1. The zero-order valence-corrected chi connectivity index (χ0v) is 19.7. The summed E-state index contributed by atoms with van der Waals surface area (Å²) in [5.41, 5.74) is 2.25. The van der Waals surface area contributed by atoms with Gasteiger partial charge in [-0.2, -0.15) is 0 Å². The second kappa shape index (κ2) is 10.2. The molecule has 0 aliphatic heterocycles. The molecule has 2 N–H and O–H groups in total. The molecule has 29 heavy (non-hydrogen) atoms. The number of rotatable bonds is 5. The van der Waals surface area contributed by atoms with Crippen LogP contribution in [0.5, 0.6) is 0 Å². The highest BCUT2D eigenvalue weighted by Gasteiger charge is 2.41. The maximum absolute atomic E-state index is 14.1. The van der Waals surface area contributed by atoms with Crippen molar-refractivity contribution in [2.45, 2.75) is 24.9 Å². The summed E-state index contributed by atoms with van der Waals surface area (Å²) in [6, 6.07) is 12.3. The van der Waals surface area contributed by atoms with E-state index in [0.29, 0.717) is 28.7 Å². The first kappa shape index (κ1) is 23.4. The van der Waals surface area contributed by atoms with Crippen LogP contribution in [0.4, 0.5) is 4.39 Å². The van der Waals surface area contributed by atoms with Crippen molar-refractivity contribution < 1.29 is 9.18 Å². The number of hydrogen-bond acceptors (Lipinski definition) is 2. The highest BCUT2D eigenvalue weighted by molar-refractivity contribution is 14.0. The second-order valence-electron chi connectivity index (χ2n) is 7.05. The van der Waals surface area contributed by atoms with Gasteiger partial charge in [0.25, 0.3) is 5.91 Å². The molecule has 0 radical (unpaired) electrons. The number of hydrogen-bond donors (Lipinski definition) is 2. The van der Waals surface area contributed by atoms with Crippen LogP contribution >= 0.6 is 35.6 Å². The Balaban J connectivity index is 0.00000300. The van der Waals surface area contributed by atoms with Crippen molar-refractivity contribution in [1.29, 1.82) is 0 Å². The molecule has 1 fully saturated rings. The zero-order valence-electron chi connectivity index (χ0n) is 16.6. The Morgan fingerprint density at radius 1 is 1.24 bits per heavy atom. The molecule has 0 spiro atoms. The van der Waals surface area contributed by atoms with Gasteiger partial charge in [-0.1, -0.05) is 29.8 Å². The summed E-state index contributed by atoms with van der Waals surface area (Å²) in [7, 11) is 5.15. The van der Waals surface area contributed by atoms with Gasteiger partial charge >= 0.3 is 0 Å². The topological polar surface area (TPSA) is 56.7 Å². The number of carbonyl (C=O) groups is 1. The van der Waals surface area contributed by atoms with Crippen molar-refractivity contribution in [3.8, 4) is 0 Å². The highest BCUT2D eigenvalue weighted by atomic mass is 127. The second-order valence-corrected chi connectivity index (χ2v) is 7.46. The normalized spacial score (nSPS) is 17.9. The number of nitrogens with zero attached hydrogens (tertiary/aromatic N) is 2. The lowest BCUT2D eigenvalue weighted by molar-refractivity contribution is 0.0827. The summed E-state index contributed by atoms with van der Waals surface area (Å²) in [5.74, 6) is 0.401. The molecule has 2 atom stereocenters. The lowest BCUT2D eigenvalue weighted by Gasteiger charge is -2.13. The van der Waals surface area contributed by atoms with Gasteiger partial charge in [0.15, 0.2) is 5.96 Å². The van der Waals surface area contributed by atoms with Crippen LogP contribution in [0.2, 0.25) is 5.02 Å². The summed E-state index contributed by atoms with van der Waals surface area (Å²) in [4.78, 5) is 17.7. The van der Waals surface area contributed by atoms with Crippen molar-refractivity contribution >= 4 is 47.4 Å². The van der Waals surface area contributed by atoms with Gasteiger partial charge in [0.2, 0.25) is 0 Å². The molecule has 1 amide bonds. The Hall–Kier alpha value is -1.87. The number of carbonyl (C=O) groups excluding carboxylic acids is 1. The molecular formula is C21H25ClFIN4O. The molecule has 156 valence electrons. The van der Waals surface area contributed by atoms with Gasteiger partial charge in [0.05, 0.1) is 0 Å². The first-order valence-electron chi connectivity index (χ1n) is 9.12. The van der Waals surface area contributed by atoms with Crippen LogP contribution in [-0.4, -0.2) is 44.0 Å². The van der Waals surface area contributed by atoms with Crippen LogP contribution in [-0.2, 0) is 6.54 Å². The summed E-state index contributed by atoms with van der Waals surface area (Å²) in [6.45, 7) is 0.563. The average Bonchev–Trinajstić information content (AvgIpc) is 3.43. The molecule has 0 aromatic heterocycles. The van der Waals surface area contributed by atoms with E-state index in [2.05, 4.69) is 15.6 Å². The van der Waals surface area contributed by atoms with E-state index in [1.165, 1.54) is 6.07 Å². The molecule has 2 aromatic rings. The molecule has 2 unspecified atom stereocenters. The SMILES string of the molecule is CN=C(NCc1ccc(C(=O)N(C)C)cc1)NC1CC1c1c(F)cccc1Cl.I. The predicted molar refractivity (Wildman–Crippen MR) is 126 cm³/mol. The maximum Gasteiger partial charge on any atom is 0.253 e. The molecule has 0 heterocycles. The van der Waals surface area contributed by atoms with E-state index in [1.807, 2.05) is 24.3 Å². The van der Waals surface area contributed by atoms with Crippen LogP contribution < -0.4 is 10.6 Å². The standard InChI is InChI=1S/C21H24ClFN4O.HI/c1-24-21(25-12-13-7-9-14(10-8-13)20(28)27(2)3)26-18-11-15(18)19-16(22)5-4-6-17(19)23;/h4-10,15,18H,11-12H2,1-3H3,(H2,24,25,26);1H. The predicted octanol–water partition coefficient (Wildman–Crippen LogP) is 4.02. The van der Waals surface area contributed by atoms with Crippen molar-refractivity contribution in [2.75, 3.05) is 21.1 Å². The molecule has 3 rings (SSSR count). The van der Waals surface area contributed by atoms with E-state index >= 15 is 0 Å². The molecule has 1 saturated carbocycles. The molecule has 2 aromatic carbocycles. The number of guanidine groups is 1. The molecule has 8 heteroatoms. The fourth-order valence-electron chi connectivity index (χ4n) is 3.12. The van der Waals surface area contributed by atoms with Gasteiger partial charge in [-0.3, -0.25) is 9.79 Å². The van der Waals surface area contributed by atoms with Crippen molar-refractivity contribution in [3.63, 3.8) is 0 Å². The van der Waals surface area contributed by atoms with E-state index < -0.39 is 0 Å². The van der Waals surface area contributed by atoms with E-state index in [4.69, 9.17) is 11.6 Å². The van der Waals surface area contributed by atoms with Gasteiger partial charge in [-0.05, 0) is 36.2 Å². The largest absolute Gasteiger partial charge is 0.353 e. The van der Waals surface area contributed by atoms with E-state index in [0.717, 1.165) is 12.0 Å². The van der Waals surface area contributed by atoms with Crippen LogP contribution in [0.15, 0.2) is 47.5 Å². The van der Waals surface area contributed by atoms with Crippen LogP contribution in [0, 0.1) is 5.82 Å². The van der Waals surface area contributed by atoms with Gasteiger partial charge in [-0.25, -0.2) is 4.39 Å². The fourth-order valence-corrected chi connectivity index (χ4v) is 3.42. The van der Waals surface area contributed by atoms with Gasteiger partial charge in [0.1, 0.15) is 5.82 Å². The minimum Gasteiger partial charge on any atom is -0.353 e. The lowest BCUT2D eigenvalue weighted by atomic mass is 10.1. The van der Waals surface area contributed by atoms with Gasteiger partial charge in [-0.15, -0.1) is 24.0 Å². The van der Waals surface area contributed by atoms with Gasteiger partial charge in [0, 0.05) is 55.8 Å². The molecule has 0 bridgehead atoms. The summed E-state index contributed by atoms with van der Waals surface area (Å²) in [6.07, 6.45) is 0.808. The number of benzene rings is 2. The first-order valence-corrected chi connectivity index (χ1v) is 9.50. The van der Waals surface area contributed by atoms with E-state index in [1.54, 1.807) is 38.2 Å². The lowest BCUT2D eigenvalue weighted by Crippen LogP contribution is -2.38. The van der Waals surface area contributed by atoms with Crippen molar-refractivity contribution in [3.05, 3.63) is 70.0 Å². The quantitative estimate of drug-likeness (QED) is 0.349. The summed E-state index contributed by atoms with van der Waals surface area (Å²) < 4.78 is 14.1. The monoisotopic (exact) mass is 530 g/mol. The zero-order chi connectivity index (χ0) is 20.3. The third-order valence-corrected chi connectivity index (χ3v) is 5.10. The third kappa shape index (κ3) is 5.82. The van der Waals surface area contributed by atoms with Crippen molar-refractivity contribution in [2.24, 2.45) is 4.99 Å². The summed E-state index contributed by atoms with van der Waals surface area (Å²) >= 11 is 6.16. The Kier molecular flexibility index (Phi) is 8.27. The Labute approximate surface area is 192 Å². The fraction of sp³-hybridized carbons (Fsp3) is 0.333. The van der Waals surface area contributed by atoms with Crippen LogP contribution in [0.3, 0.4) is 0 Å².